The zero-order valence-electron chi connectivity index (χ0n) is 11.2. The maximum absolute atomic E-state index is 9.28. The highest BCUT2D eigenvalue weighted by atomic mass is 16.3. The molecule has 0 radical (unpaired) electrons. The van der Waals surface area contributed by atoms with E-state index in [2.05, 4.69) is 53.0 Å². The second kappa shape index (κ2) is 5.02. The summed E-state index contributed by atoms with van der Waals surface area (Å²) in [4.78, 5) is 2.26. The van der Waals surface area contributed by atoms with E-state index in [1.54, 1.807) is 0 Å². The van der Waals surface area contributed by atoms with Crippen molar-refractivity contribution in [1.82, 2.24) is 4.90 Å². The van der Waals surface area contributed by atoms with Crippen molar-refractivity contribution in [2.75, 3.05) is 13.1 Å². The molecule has 0 rings (SSSR count). The number of hydrogen-bond acceptors (Lipinski definition) is 2. The molecule has 0 saturated heterocycles. The molecule has 0 aromatic carbocycles. The maximum Gasteiger partial charge on any atom is 0.0991 e. The molecule has 15 heavy (non-hydrogen) atoms. The molecule has 1 N–H and O–H groups in total. The van der Waals surface area contributed by atoms with Gasteiger partial charge in [0.15, 0.2) is 0 Å². The van der Waals surface area contributed by atoms with Gasteiger partial charge in [-0.25, -0.2) is 0 Å². The maximum atomic E-state index is 9.28. The van der Waals surface area contributed by atoms with Crippen molar-refractivity contribution in [3.8, 4) is 0 Å². The SMILES string of the molecule is C=C(O)CN(CCC(C)(C)C)C(C)(C)C. The van der Waals surface area contributed by atoms with E-state index in [0.717, 1.165) is 13.0 Å². The molecule has 0 unspecified atom stereocenters. The Balaban J connectivity index is 4.33. The molecule has 0 aliphatic rings. The van der Waals surface area contributed by atoms with Crippen molar-refractivity contribution in [3.63, 3.8) is 0 Å². The number of rotatable bonds is 4. The number of hydrogen-bond donors (Lipinski definition) is 1. The summed E-state index contributed by atoms with van der Waals surface area (Å²) in [6.45, 7) is 18.3. The van der Waals surface area contributed by atoms with Crippen LogP contribution in [0.2, 0.25) is 0 Å². The largest absolute Gasteiger partial charge is 0.512 e. The summed E-state index contributed by atoms with van der Waals surface area (Å²) in [7, 11) is 0. The van der Waals surface area contributed by atoms with E-state index in [-0.39, 0.29) is 11.3 Å². The monoisotopic (exact) mass is 213 g/mol. The summed E-state index contributed by atoms with van der Waals surface area (Å²) in [6, 6.07) is 0. The molecule has 0 aromatic heterocycles. The lowest BCUT2D eigenvalue weighted by Gasteiger charge is -2.37. The lowest BCUT2D eigenvalue weighted by Crippen LogP contribution is -2.43. The molecule has 0 fully saturated rings. The van der Waals surface area contributed by atoms with Gasteiger partial charge in [-0.1, -0.05) is 27.4 Å². The van der Waals surface area contributed by atoms with Crippen molar-refractivity contribution in [2.24, 2.45) is 5.41 Å². The van der Waals surface area contributed by atoms with E-state index in [1.807, 2.05) is 0 Å². The molecule has 2 heteroatoms. The van der Waals surface area contributed by atoms with Crippen LogP contribution in [0.5, 0.6) is 0 Å². The quantitative estimate of drug-likeness (QED) is 0.721. The van der Waals surface area contributed by atoms with E-state index >= 15 is 0 Å². The first-order valence-electron chi connectivity index (χ1n) is 5.64. The zero-order chi connectivity index (χ0) is 12.3. The molecule has 0 aromatic rings. The van der Waals surface area contributed by atoms with Crippen LogP contribution < -0.4 is 0 Å². The van der Waals surface area contributed by atoms with Crippen LogP contribution in [0.4, 0.5) is 0 Å². The average Bonchev–Trinajstić information content (AvgIpc) is 1.93. The molecule has 0 saturated carbocycles. The van der Waals surface area contributed by atoms with Crippen LogP contribution in [-0.4, -0.2) is 28.6 Å². The van der Waals surface area contributed by atoms with Crippen molar-refractivity contribution in [3.05, 3.63) is 12.3 Å². The van der Waals surface area contributed by atoms with E-state index in [0.29, 0.717) is 12.0 Å². The smallest absolute Gasteiger partial charge is 0.0991 e. The first-order chi connectivity index (χ1) is 6.52. The third kappa shape index (κ3) is 7.43. The van der Waals surface area contributed by atoms with E-state index in [1.165, 1.54) is 0 Å². The summed E-state index contributed by atoms with van der Waals surface area (Å²) in [6.07, 6.45) is 1.12. The normalized spacial score (nSPS) is 13.3. The minimum atomic E-state index is 0.0803. The van der Waals surface area contributed by atoms with Crippen LogP contribution in [0.1, 0.15) is 48.0 Å². The van der Waals surface area contributed by atoms with Gasteiger partial charge in [-0.3, -0.25) is 4.90 Å². The summed E-state index contributed by atoms with van der Waals surface area (Å²) in [5, 5.41) is 9.28. The van der Waals surface area contributed by atoms with Crippen LogP contribution in [0.15, 0.2) is 12.3 Å². The molecule has 0 bridgehead atoms. The fraction of sp³-hybridized carbons (Fsp3) is 0.846. The highest BCUT2D eigenvalue weighted by Gasteiger charge is 2.23. The number of nitrogens with zero attached hydrogens (tertiary/aromatic N) is 1. The van der Waals surface area contributed by atoms with Gasteiger partial charge in [0.05, 0.1) is 12.3 Å². The Hall–Kier alpha value is -0.500. The van der Waals surface area contributed by atoms with E-state index in [4.69, 9.17) is 0 Å². The van der Waals surface area contributed by atoms with Crippen molar-refractivity contribution in [2.45, 2.75) is 53.5 Å². The fourth-order valence-corrected chi connectivity index (χ4v) is 1.34. The highest BCUT2D eigenvalue weighted by molar-refractivity contribution is 4.89. The van der Waals surface area contributed by atoms with Gasteiger partial charge in [0, 0.05) is 5.54 Å². The van der Waals surface area contributed by atoms with Crippen molar-refractivity contribution in [1.29, 1.82) is 0 Å². The summed E-state index contributed by atoms with van der Waals surface area (Å²) >= 11 is 0. The molecule has 2 nitrogen and oxygen atoms in total. The Bertz CT molecular complexity index is 208. The predicted octanol–water partition coefficient (Wildman–Crippen LogP) is 3.59. The molecule has 0 aliphatic carbocycles. The molecule has 0 amide bonds. The minimum absolute atomic E-state index is 0.0803. The predicted molar refractivity (Wildman–Crippen MR) is 67.2 cm³/mol. The Morgan fingerprint density at radius 2 is 1.60 bits per heavy atom. The van der Waals surface area contributed by atoms with Crippen molar-refractivity contribution >= 4 is 0 Å². The second-order valence-corrected chi connectivity index (χ2v) is 6.47. The van der Waals surface area contributed by atoms with Crippen LogP contribution >= 0.6 is 0 Å². The van der Waals surface area contributed by atoms with Crippen LogP contribution in [0, 0.1) is 5.41 Å². The van der Waals surface area contributed by atoms with Gasteiger partial charge in [-0.2, -0.15) is 0 Å². The Morgan fingerprint density at radius 1 is 1.13 bits per heavy atom. The van der Waals surface area contributed by atoms with Gasteiger partial charge in [-0.15, -0.1) is 0 Å². The molecule has 0 aliphatic heterocycles. The third-order valence-corrected chi connectivity index (χ3v) is 2.45. The second-order valence-electron chi connectivity index (χ2n) is 6.47. The molecule has 90 valence electrons. The summed E-state index contributed by atoms with van der Waals surface area (Å²) in [5.41, 5.74) is 0.414. The Labute approximate surface area is 95.0 Å². The molecule has 0 heterocycles. The van der Waals surface area contributed by atoms with Crippen LogP contribution in [0.3, 0.4) is 0 Å². The molecule has 0 spiro atoms. The Morgan fingerprint density at radius 3 is 1.87 bits per heavy atom. The number of aliphatic hydroxyl groups excluding tert-OH is 1. The van der Waals surface area contributed by atoms with E-state index < -0.39 is 0 Å². The van der Waals surface area contributed by atoms with Gasteiger partial charge in [0.1, 0.15) is 0 Å². The fourth-order valence-electron chi connectivity index (χ4n) is 1.34. The van der Waals surface area contributed by atoms with Gasteiger partial charge in [0.2, 0.25) is 0 Å². The van der Waals surface area contributed by atoms with Gasteiger partial charge in [0.25, 0.3) is 0 Å². The van der Waals surface area contributed by atoms with Crippen LogP contribution in [0.25, 0.3) is 0 Å². The topological polar surface area (TPSA) is 23.5 Å². The average molecular weight is 213 g/mol. The standard InChI is InChI=1S/C13H27NO/c1-11(15)10-14(13(5,6)7)9-8-12(2,3)4/h15H,1,8-10H2,2-7H3. The molecular formula is C13H27NO. The Kier molecular flexibility index (Phi) is 4.85. The summed E-state index contributed by atoms with van der Waals surface area (Å²) < 4.78 is 0. The lowest BCUT2D eigenvalue weighted by molar-refractivity contribution is 0.115. The third-order valence-electron chi connectivity index (χ3n) is 2.45. The number of aliphatic hydroxyl groups is 1. The highest BCUT2D eigenvalue weighted by Crippen LogP contribution is 2.22. The molecule has 0 atom stereocenters. The van der Waals surface area contributed by atoms with Crippen LogP contribution in [-0.2, 0) is 0 Å². The molecular weight excluding hydrogens is 186 g/mol. The van der Waals surface area contributed by atoms with Gasteiger partial charge < -0.3 is 5.11 Å². The van der Waals surface area contributed by atoms with E-state index in [9.17, 15) is 5.11 Å². The lowest BCUT2D eigenvalue weighted by atomic mass is 9.91. The first kappa shape index (κ1) is 14.5. The van der Waals surface area contributed by atoms with Gasteiger partial charge in [-0.05, 0) is 39.2 Å². The van der Waals surface area contributed by atoms with Crippen molar-refractivity contribution < 1.29 is 5.11 Å². The van der Waals surface area contributed by atoms with Gasteiger partial charge >= 0.3 is 0 Å². The minimum Gasteiger partial charge on any atom is -0.512 e. The zero-order valence-corrected chi connectivity index (χ0v) is 11.2. The first-order valence-corrected chi connectivity index (χ1v) is 5.64. The summed E-state index contributed by atoms with van der Waals surface area (Å²) in [5.74, 6) is 0.249.